The molecule has 0 aliphatic carbocycles. The summed E-state index contributed by atoms with van der Waals surface area (Å²) in [6, 6.07) is 6.60. The molecule has 1 aliphatic heterocycles. The maximum absolute atomic E-state index is 13.1. The summed E-state index contributed by atoms with van der Waals surface area (Å²) >= 11 is 1.33. The molecule has 1 saturated heterocycles. The van der Waals surface area contributed by atoms with Gasteiger partial charge in [0.15, 0.2) is 9.84 Å². The summed E-state index contributed by atoms with van der Waals surface area (Å²) in [4.78, 5) is 0.493. The Balaban J connectivity index is 1.91. The number of hydrogen-bond acceptors (Lipinski definition) is 6. The summed E-state index contributed by atoms with van der Waals surface area (Å²) < 4.78 is 91.7. The average Bonchev–Trinajstić information content (AvgIpc) is 3.20. The fourth-order valence-corrected chi connectivity index (χ4v) is 7.16. The second-order valence-electron chi connectivity index (χ2n) is 6.21. The first-order chi connectivity index (χ1) is 13.0. The van der Waals surface area contributed by atoms with Gasteiger partial charge in [-0.2, -0.15) is 4.31 Å². The summed E-state index contributed by atoms with van der Waals surface area (Å²) in [7, 11) is -7.47. The van der Waals surface area contributed by atoms with Gasteiger partial charge in [-0.25, -0.2) is 16.8 Å². The molecule has 28 heavy (non-hydrogen) atoms. The topological polar surface area (TPSA) is 80.8 Å². The molecular weight excluding hydrogens is 439 g/mol. The summed E-state index contributed by atoms with van der Waals surface area (Å²) in [6.45, 7) is -0.0129. The quantitative estimate of drug-likeness (QED) is 0.669. The molecule has 6 nitrogen and oxygen atoms in total. The van der Waals surface area contributed by atoms with E-state index in [0.717, 1.165) is 33.4 Å². The van der Waals surface area contributed by atoms with Crippen molar-refractivity contribution in [3.63, 3.8) is 0 Å². The molecule has 0 saturated carbocycles. The molecule has 0 radical (unpaired) electrons. The van der Waals surface area contributed by atoms with Gasteiger partial charge in [0.1, 0.15) is 5.75 Å². The number of nitrogens with zero attached hydrogens (tertiary/aromatic N) is 1. The van der Waals surface area contributed by atoms with Crippen LogP contribution in [0, 0.1) is 0 Å². The first-order valence-corrected chi connectivity index (χ1v) is 12.2. The third kappa shape index (κ3) is 5.04. The lowest BCUT2D eigenvalue weighted by Gasteiger charge is -2.27. The fourth-order valence-electron chi connectivity index (χ4n) is 2.92. The molecule has 0 amide bonds. The SMILES string of the molecule is O=S1(=O)CCC(N(Cc2cccs2)S(=O)(=O)c2ccc(OC(F)(F)F)cc2)C1. The van der Waals surface area contributed by atoms with Crippen molar-refractivity contribution in [1.82, 2.24) is 4.31 Å². The predicted octanol–water partition coefficient (Wildman–Crippen LogP) is 3.02. The molecule has 1 aromatic carbocycles. The number of ether oxygens (including phenoxy) is 1. The van der Waals surface area contributed by atoms with Gasteiger partial charge in [0, 0.05) is 17.5 Å². The number of alkyl halides is 3. The zero-order valence-electron chi connectivity index (χ0n) is 14.3. The third-order valence-corrected chi connectivity index (χ3v) is 8.70. The van der Waals surface area contributed by atoms with Crippen molar-refractivity contribution < 1.29 is 34.7 Å². The summed E-state index contributed by atoms with van der Waals surface area (Å²) in [6.07, 6.45) is -4.72. The standard InChI is InChI=1S/C16H16F3NO5S3/c17-16(18,19)25-13-3-5-15(6-4-13)28(23,24)20(10-14-2-1-8-26-14)12-7-9-27(21,22)11-12/h1-6,8,12H,7,9-11H2. The molecule has 1 aliphatic rings. The van der Waals surface area contributed by atoms with Crippen LogP contribution >= 0.6 is 11.3 Å². The van der Waals surface area contributed by atoms with Gasteiger partial charge in [0.2, 0.25) is 10.0 Å². The Labute approximate surface area is 164 Å². The lowest BCUT2D eigenvalue weighted by atomic mass is 10.2. The van der Waals surface area contributed by atoms with Gasteiger partial charge in [-0.3, -0.25) is 0 Å². The van der Waals surface area contributed by atoms with E-state index in [1.165, 1.54) is 11.3 Å². The highest BCUT2D eigenvalue weighted by molar-refractivity contribution is 7.92. The monoisotopic (exact) mass is 455 g/mol. The Kier molecular flexibility index (Phi) is 5.76. The van der Waals surface area contributed by atoms with Gasteiger partial charge in [-0.05, 0) is 42.1 Å². The van der Waals surface area contributed by atoms with Crippen LogP contribution in [0.25, 0.3) is 0 Å². The van der Waals surface area contributed by atoms with Crippen molar-refractivity contribution in [1.29, 1.82) is 0 Å². The minimum absolute atomic E-state index is 0.0129. The Morgan fingerprint density at radius 1 is 1.18 bits per heavy atom. The van der Waals surface area contributed by atoms with Crippen LogP contribution in [0.4, 0.5) is 13.2 Å². The van der Waals surface area contributed by atoms with Crippen LogP contribution in [0.3, 0.4) is 0 Å². The maximum atomic E-state index is 13.1. The van der Waals surface area contributed by atoms with Crippen LogP contribution in [0.1, 0.15) is 11.3 Å². The molecule has 1 unspecified atom stereocenters. The number of hydrogen-bond donors (Lipinski definition) is 0. The normalized spacial score (nSPS) is 19.8. The van der Waals surface area contributed by atoms with Crippen molar-refractivity contribution in [2.45, 2.75) is 30.3 Å². The third-order valence-electron chi connectivity index (χ3n) is 4.17. The molecule has 1 atom stereocenters. The Hall–Kier alpha value is -1.63. The second-order valence-corrected chi connectivity index (χ2v) is 11.4. The minimum Gasteiger partial charge on any atom is -0.406 e. The van der Waals surface area contributed by atoms with Crippen LogP contribution in [-0.4, -0.2) is 45.1 Å². The highest BCUT2D eigenvalue weighted by Gasteiger charge is 2.39. The van der Waals surface area contributed by atoms with Crippen LogP contribution in [0.15, 0.2) is 46.7 Å². The van der Waals surface area contributed by atoms with E-state index < -0.39 is 38.0 Å². The van der Waals surface area contributed by atoms with E-state index in [-0.39, 0.29) is 29.4 Å². The van der Waals surface area contributed by atoms with Gasteiger partial charge in [0.05, 0.1) is 16.4 Å². The van der Waals surface area contributed by atoms with Crippen LogP contribution < -0.4 is 4.74 Å². The molecule has 154 valence electrons. The van der Waals surface area contributed by atoms with Crippen molar-refractivity contribution in [3.05, 3.63) is 46.7 Å². The van der Waals surface area contributed by atoms with E-state index in [1.54, 1.807) is 17.5 Å². The number of thiophene rings is 1. The zero-order chi connectivity index (χ0) is 20.6. The Bertz CT molecular complexity index is 1020. The average molecular weight is 456 g/mol. The molecular formula is C16H16F3NO5S3. The van der Waals surface area contributed by atoms with Gasteiger partial charge in [-0.15, -0.1) is 24.5 Å². The molecule has 0 bridgehead atoms. The van der Waals surface area contributed by atoms with Crippen LogP contribution in [-0.2, 0) is 26.4 Å². The fraction of sp³-hybridized carbons (Fsp3) is 0.375. The molecule has 0 N–H and O–H groups in total. The molecule has 2 aromatic rings. The lowest BCUT2D eigenvalue weighted by Crippen LogP contribution is -2.40. The number of rotatable bonds is 6. The van der Waals surface area contributed by atoms with Crippen LogP contribution in [0.2, 0.25) is 0 Å². The van der Waals surface area contributed by atoms with Crippen molar-refractivity contribution in [3.8, 4) is 5.75 Å². The molecule has 0 spiro atoms. The van der Waals surface area contributed by atoms with E-state index in [4.69, 9.17) is 0 Å². The highest BCUT2D eigenvalue weighted by atomic mass is 32.2. The van der Waals surface area contributed by atoms with E-state index in [9.17, 15) is 30.0 Å². The Morgan fingerprint density at radius 2 is 1.86 bits per heavy atom. The maximum Gasteiger partial charge on any atom is 0.573 e. The van der Waals surface area contributed by atoms with Crippen molar-refractivity contribution in [2.24, 2.45) is 0 Å². The molecule has 2 heterocycles. The van der Waals surface area contributed by atoms with Gasteiger partial charge >= 0.3 is 6.36 Å². The van der Waals surface area contributed by atoms with Gasteiger partial charge < -0.3 is 4.74 Å². The van der Waals surface area contributed by atoms with Gasteiger partial charge in [0.25, 0.3) is 0 Å². The molecule has 3 rings (SSSR count). The number of sulfonamides is 1. The first-order valence-electron chi connectivity index (χ1n) is 8.07. The smallest absolute Gasteiger partial charge is 0.406 e. The molecule has 1 aromatic heterocycles. The zero-order valence-corrected chi connectivity index (χ0v) is 16.7. The van der Waals surface area contributed by atoms with Crippen LogP contribution in [0.5, 0.6) is 5.75 Å². The van der Waals surface area contributed by atoms with Crippen molar-refractivity contribution in [2.75, 3.05) is 11.5 Å². The van der Waals surface area contributed by atoms with E-state index in [2.05, 4.69) is 4.74 Å². The van der Waals surface area contributed by atoms with E-state index in [0.29, 0.717) is 0 Å². The lowest BCUT2D eigenvalue weighted by molar-refractivity contribution is -0.274. The Morgan fingerprint density at radius 3 is 2.36 bits per heavy atom. The van der Waals surface area contributed by atoms with E-state index in [1.807, 2.05) is 0 Å². The van der Waals surface area contributed by atoms with Crippen molar-refractivity contribution >= 4 is 31.2 Å². The molecule has 1 fully saturated rings. The highest BCUT2D eigenvalue weighted by Crippen LogP contribution is 2.30. The second kappa shape index (κ2) is 7.65. The number of sulfone groups is 1. The minimum atomic E-state index is -4.89. The first kappa shape index (κ1) is 21.1. The summed E-state index contributed by atoms with van der Waals surface area (Å²) in [5, 5.41) is 1.77. The predicted molar refractivity (Wildman–Crippen MR) is 97.2 cm³/mol. The summed E-state index contributed by atoms with van der Waals surface area (Å²) in [5.74, 6) is -0.931. The summed E-state index contributed by atoms with van der Waals surface area (Å²) in [5.41, 5.74) is 0. The molecule has 12 heteroatoms. The largest absolute Gasteiger partial charge is 0.573 e. The van der Waals surface area contributed by atoms with E-state index >= 15 is 0 Å². The van der Waals surface area contributed by atoms with Gasteiger partial charge in [-0.1, -0.05) is 6.07 Å². The number of benzene rings is 1. The number of halogens is 3.